The summed E-state index contributed by atoms with van der Waals surface area (Å²) >= 11 is 0. The molecule has 0 aliphatic carbocycles. The Hall–Kier alpha value is -1.30. The number of nitrogens with zero attached hydrogens (tertiary/aromatic N) is 1. The van der Waals surface area contributed by atoms with Crippen LogP contribution in [0.5, 0.6) is 11.5 Å². The van der Waals surface area contributed by atoms with Crippen LogP contribution in [0.3, 0.4) is 0 Å². The summed E-state index contributed by atoms with van der Waals surface area (Å²) < 4.78 is 11.2. The van der Waals surface area contributed by atoms with Gasteiger partial charge in [-0.05, 0) is 31.5 Å². The topological polar surface area (TPSA) is 45.8 Å². The van der Waals surface area contributed by atoms with Crippen molar-refractivity contribution in [2.75, 3.05) is 46.4 Å². The van der Waals surface area contributed by atoms with Gasteiger partial charge in [-0.1, -0.05) is 6.07 Å². The molecule has 124 valence electrons. The van der Waals surface area contributed by atoms with Gasteiger partial charge in [-0.2, -0.15) is 0 Å². The van der Waals surface area contributed by atoms with Crippen molar-refractivity contribution in [1.82, 2.24) is 15.5 Å². The molecule has 2 N–H and O–H groups in total. The quantitative estimate of drug-likeness (QED) is 0.712. The maximum Gasteiger partial charge on any atom is 0.161 e. The summed E-state index contributed by atoms with van der Waals surface area (Å²) in [6.45, 7) is 11.5. The molecule has 1 fully saturated rings. The van der Waals surface area contributed by atoms with E-state index in [4.69, 9.17) is 9.47 Å². The number of hydrogen-bond donors (Lipinski definition) is 2. The van der Waals surface area contributed by atoms with Gasteiger partial charge in [-0.25, -0.2) is 0 Å². The standard InChI is InChI=1S/C17H29N3O2/c1-14(2)22-16-5-4-15(12-17(16)21-3)13-19-8-11-20-9-6-18-7-10-20/h4-5,12,14,18-19H,6-11,13H2,1-3H3. The second kappa shape index (κ2) is 8.98. The fraction of sp³-hybridized carbons (Fsp3) is 0.647. The smallest absolute Gasteiger partial charge is 0.161 e. The largest absolute Gasteiger partial charge is 0.493 e. The van der Waals surface area contributed by atoms with Crippen molar-refractivity contribution in [1.29, 1.82) is 0 Å². The maximum atomic E-state index is 5.74. The molecule has 22 heavy (non-hydrogen) atoms. The summed E-state index contributed by atoms with van der Waals surface area (Å²) in [6.07, 6.45) is 0.150. The number of rotatable bonds is 8. The third-order valence-corrected chi connectivity index (χ3v) is 3.73. The Labute approximate surface area is 134 Å². The highest BCUT2D eigenvalue weighted by Crippen LogP contribution is 2.28. The van der Waals surface area contributed by atoms with E-state index in [2.05, 4.69) is 27.7 Å². The predicted molar refractivity (Wildman–Crippen MR) is 89.8 cm³/mol. The zero-order valence-electron chi connectivity index (χ0n) is 14.0. The molecule has 1 aliphatic heterocycles. The molecule has 1 saturated heterocycles. The fourth-order valence-corrected chi connectivity index (χ4v) is 2.58. The number of ether oxygens (including phenoxy) is 2. The van der Waals surface area contributed by atoms with E-state index in [9.17, 15) is 0 Å². The molecule has 2 rings (SSSR count). The van der Waals surface area contributed by atoms with Gasteiger partial charge in [-0.15, -0.1) is 0 Å². The molecule has 0 spiro atoms. The molecule has 1 aliphatic rings. The number of hydrogen-bond acceptors (Lipinski definition) is 5. The molecule has 1 heterocycles. The fourth-order valence-electron chi connectivity index (χ4n) is 2.58. The highest BCUT2D eigenvalue weighted by molar-refractivity contribution is 5.43. The maximum absolute atomic E-state index is 5.74. The summed E-state index contributed by atoms with van der Waals surface area (Å²) in [5, 5.41) is 6.88. The highest BCUT2D eigenvalue weighted by atomic mass is 16.5. The Balaban J connectivity index is 1.77. The van der Waals surface area contributed by atoms with Crippen LogP contribution < -0.4 is 20.1 Å². The SMILES string of the molecule is COc1cc(CNCCN2CCNCC2)ccc1OC(C)C. The van der Waals surface area contributed by atoms with Gasteiger partial charge < -0.3 is 20.1 Å². The minimum Gasteiger partial charge on any atom is -0.493 e. The van der Waals surface area contributed by atoms with Gasteiger partial charge >= 0.3 is 0 Å². The van der Waals surface area contributed by atoms with Gasteiger partial charge in [0.1, 0.15) is 0 Å². The first-order valence-corrected chi connectivity index (χ1v) is 8.16. The second-order valence-electron chi connectivity index (χ2n) is 5.92. The molecule has 0 bridgehead atoms. The van der Waals surface area contributed by atoms with Crippen LogP contribution in [0.4, 0.5) is 0 Å². The van der Waals surface area contributed by atoms with Crippen molar-refractivity contribution in [3.05, 3.63) is 23.8 Å². The lowest BCUT2D eigenvalue weighted by molar-refractivity contribution is 0.230. The second-order valence-corrected chi connectivity index (χ2v) is 5.92. The van der Waals surface area contributed by atoms with Crippen molar-refractivity contribution >= 4 is 0 Å². The molecule has 0 aromatic heterocycles. The first kappa shape index (κ1) is 17.1. The first-order valence-electron chi connectivity index (χ1n) is 8.16. The normalized spacial score (nSPS) is 16.0. The lowest BCUT2D eigenvalue weighted by Gasteiger charge is -2.27. The van der Waals surface area contributed by atoms with Gasteiger partial charge in [0.05, 0.1) is 13.2 Å². The minimum absolute atomic E-state index is 0.150. The summed E-state index contributed by atoms with van der Waals surface area (Å²) in [4.78, 5) is 2.49. The third kappa shape index (κ3) is 5.48. The van der Waals surface area contributed by atoms with Crippen LogP contribution in [0.15, 0.2) is 18.2 Å². The molecule has 1 aromatic rings. The number of nitrogens with one attached hydrogen (secondary N) is 2. The van der Waals surface area contributed by atoms with Gasteiger partial charge in [0.25, 0.3) is 0 Å². The Morgan fingerprint density at radius 1 is 1.23 bits per heavy atom. The van der Waals surface area contributed by atoms with Crippen molar-refractivity contribution in [2.45, 2.75) is 26.5 Å². The van der Waals surface area contributed by atoms with E-state index in [0.717, 1.165) is 57.3 Å². The molecule has 5 nitrogen and oxygen atoms in total. The van der Waals surface area contributed by atoms with Gasteiger partial charge in [0, 0.05) is 45.8 Å². The lowest BCUT2D eigenvalue weighted by atomic mass is 10.2. The lowest BCUT2D eigenvalue weighted by Crippen LogP contribution is -2.45. The molecule has 0 atom stereocenters. The van der Waals surface area contributed by atoms with Gasteiger partial charge in [-0.3, -0.25) is 4.90 Å². The Morgan fingerprint density at radius 3 is 2.68 bits per heavy atom. The van der Waals surface area contributed by atoms with E-state index in [1.807, 2.05) is 19.9 Å². The third-order valence-electron chi connectivity index (χ3n) is 3.73. The van der Waals surface area contributed by atoms with E-state index in [1.54, 1.807) is 7.11 Å². The van der Waals surface area contributed by atoms with E-state index < -0.39 is 0 Å². The van der Waals surface area contributed by atoms with Crippen molar-refractivity contribution < 1.29 is 9.47 Å². The summed E-state index contributed by atoms with van der Waals surface area (Å²) in [5.41, 5.74) is 1.22. The first-order chi connectivity index (χ1) is 10.7. The van der Waals surface area contributed by atoms with E-state index in [0.29, 0.717) is 0 Å². The molecule has 0 amide bonds. The molecule has 0 unspecified atom stereocenters. The Morgan fingerprint density at radius 2 is 2.00 bits per heavy atom. The molecule has 5 heteroatoms. The molecular weight excluding hydrogens is 278 g/mol. The molecule has 0 radical (unpaired) electrons. The van der Waals surface area contributed by atoms with Crippen LogP contribution in [0.25, 0.3) is 0 Å². The summed E-state index contributed by atoms with van der Waals surface area (Å²) in [7, 11) is 1.68. The van der Waals surface area contributed by atoms with Crippen LogP contribution in [-0.2, 0) is 6.54 Å². The average molecular weight is 307 g/mol. The number of methoxy groups -OCH3 is 1. The number of piperazine rings is 1. The van der Waals surface area contributed by atoms with Crippen molar-refractivity contribution in [3.8, 4) is 11.5 Å². The summed E-state index contributed by atoms with van der Waals surface area (Å²) in [6, 6.07) is 6.14. The molecular formula is C17H29N3O2. The predicted octanol–water partition coefficient (Wildman–Crippen LogP) is 1.48. The van der Waals surface area contributed by atoms with E-state index in [-0.39, 0.29) is 6.10 Å². The van der Waals surface area contributed by atoms with E-state index >= 15 is 0 Å². The van der Waals surface area contributed by atoms with Gasteiger partial charge in [0.2, 0.25) is 0 Å². The summed E-state index contributed by atoms with van der Waals surface area (Å²) in [5.74, 6) is 1.61. The van der Waals surface area contributed by atoms with Crippen LogP contribution in [-0.4, -0.2) is 57.4 Å². The van der Waals surface area contributed by atoms with Crippen LogP contribution in [0.1, 0.15) is 19.4 Å². The van der Waals surface area contributed by atoms with Gasteiger partial charge in [0.15, 0.2) is 11.5 Å². The van der Waals surface area contributed by atoms with Crippen molar-refractivity contribution in [3.63, 3.8) is 0 Å². The Kier molecular flexibility index (Phi) is 6.96. The van der Waals surface area contributed by atoms with Crippen LogP contribution in [0, 0.1) is 0 Å². The zero-order chi connectivity index (χ0) is 15.8. The molecule has 1 aromatic carbocycles. The monoisotopic (exact) mass is 307 g/mol. The highest BCUT2D eigenvalue weighted by Gasteiger charge is 2.09. The van der Waals surface area contributed by atoms with Crippen molar-refractivity contribution in [2.24, 2.45) is 0 Å². The number of benzene rings is 1. The Bertz CT molecular complexity index is 446. The average Bonchev–Trinajstić information content (AvgIpc) is 2.53. The van der Waals surface area contributed by atoms with Crippen LogP contribution in [0.2, 0.25) is 0 Å². The van der Waals surface area contributed by atoms with Crippen LogP contribution >= 0.6 is 0 Å². The minimum atomic E-state index is 0.150. The zero-order valence-corrected chi connectivity index (χ0v) is 14.0. The molecule has 0 saturated carbocycles. The van der Waals surface area contributed by atoms with E-state index in [1.165, 1.54) is 5.56 Å².